The van der Waals surface area contributed by atoms with Gasteiger partial charge in [-0.05, 0) is 57.0 Å². The van der Waals surface area contributed by atoms with Gasteiger partial charge >= 0.3 is 0 Å². The van der Waals surface area contributed by atoms with E-state index >= 15 is 0 Å². The summed E-state index contributed by atoms with van der Waals surface area (Å²) in [6.07, 6.45) is 5.17. The summed E-state index contributed by atoms with van der Waals surface area (Å²) in [6, 6.07) is 0. The molecule has 0 amide bonds. The highest BCUT2D eigenvalue weighted by atomic mass is 16.5. The Morgan fingerprint density at radius 1 is 1.18 bits per heavy atom. The maximum atomic E-state index is 6.13. The van der Waals surface area contributed by atoms with Crippen molar-refractivity contribution < 1.29 is 9.47 Å². The second kappa shape index (κ2) is 12.0. The number of nitrogens with zero attached hydrogens (tertiary/aromatic N) is 2. The standard InChI is InChI=1S/C22H44N4O2/c1-6-23-21(24-16-18-9-11-26(12-10-18)13-15-27-5)25-17-19-8-7-14-28-20(19)22(2,3)4/h18-20H,6-17H2,1-5H3,(H2,23,24,25). The molecule has 0 spiro atoms. The lowest BCUT2D eigenvalue weighted by Crippen LogP contribution is -2.47. The minimum Gasteiger partial charge on any atom is -0.383 e. The van der Waals surface area contributed by atoms with Crippen LogP contribution in [0.5, 0.6) is 0 Å². The third kappa shape index (κ3) is 7.88. The molecule has 0 radical (unpaired) electrons. The number of likely N-dealkylation sites (tertiary alicyclic amines) is 1. The molecule has 2 aliphatic heterocycles. The molecule has 2 atom stereocenters. The van der Waals surface area contributed by atoms with Crippen LogP contribution in [0.1, 0.15) is 53.4 Å². The topological polar surface area (TPSA) is 58.1 Å². The van der Waals surface area contributed by atoms with Crippen LogP contribution < -0.4 is 10.6 Å². The molecule has 0 bridgehead atoms. The van der Waals surface area contributed by atoms with E-state index in [-0.39, 0.29) is 5.41 Å². The Labute approximate surface area is 172 Å². The molecule has 2 heterocycles. The first-order valence-corrected chi connectivity index (χ1v) is 11.3. The summed E-state index contributed by atoms with van der Waals surface area (Å²) < 4.78 is 11.3. The third-order valence-corrected chi connectivity index (χ3v) is 6.00. The van der Waals surface area contributed by atoms with Gasteiger partial charge in [0.05, 0.1) is 12.7 Å². The monoisotopic (exact) mass is 396 g/mol. The number of methoxy groups -OCH3 is 1. The van der Waals surface area contributed by atoms with Gasteiger partial charge in [0.2, 0.25) is 0 Å². The van der Waals surface area contributed by atoms with Crippen LogP contribution in [0.25, 0.3) is 0 Å². The second-order valence-electron chi connectivity index (χ2n) is 9.44. The van der Waals surface area contributed by atoms with Crippen LogP contribution in [-0.2, 0) is 9.47 Å². The van der Waals surface area contributed by atoms with E-state index in [1.165, 1.54) is 32.4 Å². The van der Waals surface area contributed by atoms with Gasteiger partial charge in [0.1, 0.15) is 0 Å². The quantitative estimate of drug-likeness (QED) is 0.488. The van der Waals surface area contributed by atoms with Crippen LogP contribution in [-0.4, -0.2) is 76.6 Å². The lowest BCUT2D eigenvalue weighted by atomic mass is 9.78. The van der Waals surface area contributed by atoms with Crippen molar-refractivity contribution in [1.82, 2.24) is 15.5 Å². The molecular weight excluding hydrogens is 352 g/mol. The lowest BCUT2D eigenvalue weighted by Gasteiger charge is -2.40. The smallest absolute Gasteiger partial charge is 0.191 e. The first kappa shape index (κ1) is 23.4. The van der Waals surface area contributed by atoms with E-state index in [0.29, 0.717) is 17.9 Å². The molecule has 28 heavy (non-hydrogen) atoms. The molecule has 6 heteroatoms. The van der Waals surface area contributed by atoms with Crippen LogP contribution in [0.4, 0.5) is 0 Å². The average molecular weight is 397 g/mol. The van der Waals surface area contributed by atoms with E-state index in [9.17, 15) is 0 Å². The summed E-state index contributed by atoms with van der Waals surface area (Å²) in [5.74, 6) is 2.19. The number of hydrogen-bond donors (Lipinski definition) is 2. The normalized spacial score (nSPS) is 25.7. The molecule has 6 nitrogen and oxygen atoms in total. The molecule has 2 rings (SSSR count). The maximum absolute atomic E-state index is 6.13. The zero-order chi connectivity index (χ0) is 20.4. The maximum Gasteiger partial charge on any atom is 0.191 e. The Kier molecular flexibility index (Phi) is 10.0. The Morgan fingerprint density at radius 2 is 1.93 bits per heavy atom. The van der Waals surface area contributed by atoms with Crippen molar-refractivity contribution in [3.63, 3.8) is 0 Å². The first-order chi connectivity index (χ1) is 13.4. The van der Waals surface area contributed by atoms with E-state index < -0.39 is 0 Å². The van der Waals surface area contributed by atoms with Gasteiger partial charge in [-0.25, -0.2) is 0 Å². The Balaban J connectivity index is 1.80. The van der Waals surface area contributed by atoms with Crippen LogP contribution in [0.3, 0.4) is 0 Å². The molecule has 2 saturated heterocycles. The molecule has 2 fully saturated rings. The van der Waals surface area contributed by atoms with E-state index in [1.54, 1.807) is 7.11 Å². The average Bonchev–Trinajstić information content (AvgIpc) is 2.69. The third-order valence-electron chi connectivity index (χ3n) is 6.00. The van der Waals surface area contributed by atoms with E-state index in [0.717, 1.165) is 51.8 Å². The van der Waals surface area contributed by atoms with Crippen molar-refractivity contribution >= 4 is 5.96 Å². The number of nitrogens with one attached hydrogen (secondary N) is 2. The molecule has 2 N–H and O–H groups in total. The van der Waals surface area contributed by atoms with E-state index in [1.807, 2.05) is 0 Å². The molecule has 2 unspecified atom stereocenters. The minimum atomic E-state index is 0.180. The summed E-state index contributed by atoms with van der Waals surface area (Å²) in [4.78, 5) is 7.41. The molecule has 0 aromatic carbocycles. The Hall–Kier alpha value is -0.850. The van der Waals surface area contributed by atoms with Gasteiger partial charge < -0.3 is 25.0 Å². The van der Waals surface area contributed by atoms with Gasteiger partial charge in [0, 0.05) is 45.8 Å². The summed E-state index contributed by atoms with van der Waals surface area (Å²) in [6.45, 7) is 16.8. The van der Waals surface area contributed by atoms with Gasteiger partial charge in [-0.15, -0.1) is 0 Å². The number of rotatable bonds is 8. The highest BCUT2D eigenvalue weighted by Gasteiger charge is 2.35. The van der Waals surface area contributed by atoms with E-state index in [4.69, 9.17) is 14.5 Å². The SMILES string of the molecule is CCNC(=NCC1CCN(CCOC)CC1)NCC1CCCOC1C(C)(C)C. The summed E-state index contributed by atoms with van der Waals surface area (Å²) in [5, 5.41) is 7.02. The predicted molar refractivity (Wildman–Crippen MR) is 117 cm³/mol. The molecule has 0 aliphatic carbocycles. The molecule has 0 saturated carbocycles. The molecule has 2 aliphatic rings. The minimum absolute atomic E-state index is 0.180. The van der Waals surface area contributed by atoms with Gasteiger partial charge in [-0.3, -0.25) is 4.99 Å². The van der Waals surface area contributed by atoms with Crippen molar-refractivity contribution in [3.05, 3.63) is 0 Å². The van der Waals surface area contributed by atoms with Crippen molar-refractivity contribution in [2.75, 3.05) is 59.6 Å². The van der Waals surface area contributed by atoms with Crippen molar-refractivity contribution in [3.8, 4) is 0 Å². The fraction of sp³-hybridized carbons (Fsp3) is 0.955. The molecule has 0 aromatic rings. The van der Waals surface area contributed by atoms with E-state index in [2.05, 4.69) is 43.2 Å². The zero-order valence-corrected chi connectivity index (χ0v) is 18.9. The van der Waals surface area contributed by atoms with Crippen molar-refractivity contribution in [2.45, 2.75) is 59.5 Å². The summed E-state index contributed by atoms with van der Waals surface area (Å²) in [5.41, 5.74) is 0.180. The van der Waals surface area contributed by atoms with Crippen LogP contribution >= 0.6 is 0 Å². The number of guanidine groups is 1. The second-order valence-corrected chi connectivity index (χ2v) is 9.44. The first-order valence-electron chi connectivity index (χ1n) is 11.3. The van der Waals surface area contributed by atoms with Gasteiger partial charge in [-0.2, -0.15) is 0 Å². The predicted octanol–water partition coefficient (Wildman–Crippen LogP) is 2.74. The lowest BCUT2D eigenvalue weighted by molar-refractivity contribution is -0.0835. The van der Waals surface area contributed by atoms with Crippen LogP contribution in [0, 0.1) is 17.3 Å². The number of ether oxygens (including phenoxy) is 2. The van der Waals surface area contributed by atoms with Gasteiger partial charge in [0.25, 0.3) is 0 Å². The Bertz CT molecular complexity index is 456. The molecule has 164 valence electrons. The Morgan fingerprint density at radius 3 is 2.57 bits per heavy atom. The highest BCUT2D eigenvalue weighted by Crippen LogP contribution is 2.33. The zero-order valence-electron chi connectivity index (χ0n) is 18.9. The summed E-state index contributed by atoms with van der Waals surface area (Å²) >= 11 is 0. The molecule has 0 aromatic heterocycles. The van der Waals surface area contributed by atoms with Crippen molar-refractivity contribution in [2.24, 2.45) is 22.2 Å². The van der Waals surface area contributed by atoms with Crippen LogP contribution in [0.2, 0.25) is 0 Å². The number of aliphatic imine (C=N–C) groups is 1. The number of piperidine rings is 1. The summed E-state index contributed by atoms with van der Waals surface area (Å²) in [7, 11) is 1.78. The fourth-order valence-electron chi connectivity index (χ4n) is 4.41. The fourth-order valence-corrected chi connectivity index (χ4v) is 4.41. The highest BCUT2D eigenvalue weighted by molar-refractivity contribution is 5.79. The van der Waals surface area contributed by atoms with Crippen molar-refractivity contribution in [1.29, 1.82) is 0 Å². The van der Waals surface area contributed by atoms with Gasteiger partial charge in [-0.1, -0.05) is 20.8 Å². The number of hydrogen-bond acceptors (Lipinski definition) is 4. The van der Waals surface area contributed by atoms with Crippen LogP contribution in [0.15, 0.2) is 4.99 Å². The van der Waals surface area contributed by atoms with Gasteiger partial charge in [0.15, 0.2) is 5.96 Å². The largest absolute Gasteiger partial charge is 0.383 e. The molecular formula is C22H44N4O2.